The van der Waals surface area contributed by atoms with Crippen molar-refractivity contribution < 1.29 is 4.39 Å². The quantitative estimate of drug-likeness (QED) is 0.808. The highest BCUT2D eigenvalue weighted by Crippen LogP contribution is 2.22. The van der Waals surface area contributed by atoms with E-state index in [0.29, 0.717) is 0 Å². The highest BCUT2D eigenvalue weighted by atomic mass is 79.9. The van der Waals surface area contributed by atoms with E-state index in [1.165, 1.54) is 25.3 Å². The van der Waals surface area contributed by atoms with Crippen molar-refractivity contribution in [2.45, 2.75) is 32.7 Å². The molecule has 3 heteroatoms. The first kappa shape index (κ1) is 13.0. The minimum atomic E-state index is -0.155. The van der Waals surface area contributed by atoms with E-state index in [9.17, 15) is 4.39 Å². The van der Waals surface area contributed by atoms with E-state index < -0.39 is 0 Å². The van der Waals surface area contributed by atoms with Gasteiger partial charge in [-0.25, -0.2) is 4.39 Å². The molecule has 94 valence electrons. The zero-order valence-electron chi connectivity index (χ0n) is 10.3. The van der Waals surface area contributed by atoms with Crippen molar-refractivity contribution in [3.05, 3.63) is 34.1 Å². The fourth-order valence-corrected chi connectivity index (χ4v) is 3.03. The van der Waals surface area contributed by atoms with E-state index in [1.807, 2.05) is 6.07 Å². The van der Waals surface area contributed by atoms with Crippen LogP contribution in [0.4, 0.5) is 4.39 Å². The van der Waals surface area contributed by atoms with Crippen LogP contribution in [0, 0.1) is 11.7 Å². The molecule has 0 saturated carbocycles. The van der Waals surface area contributed by atoms with Gasteiger partial charge in [0.1, 0.15) is 5.82 Å². The highest BCUT2D eigenvalue weighted by molar-refractivity contribution is 9.10. The lowest BCUT2D eigenvalue weighted by Gasteiger charge is -2.31. The summed E-state index contributed by atoms with van der Waals surface area (Å²) in [5.41, 5.74) is 1.06. The molecular weight excluding hydrogens is 281 g/mol. The van der Waals surface area contributed by atoms with Crippen molar-refractivity contribution in [2.75, 3.05) is 13.1 Å². The maximum Gasteiger partial charge on any atom is 0.124 e. The van der Waals surface area contributed by atoms with Crippen LogP contribution in [-0.2, 0) is 6.54 Å². The van der Waals surface area contributed by atoms with Crippen LogP contribution in [0.25, 0.3) is 0 Å². The van der Waals surface area contributed by atoms with Gasteiger partial charge in [-0.1, -0.05) is 29.3 Å². The van der Waals surface area contributed by atoms with E-state index in [-0.39, 0.29) is 5.82 Å². The molecule has 0 unspecified atom stereocenters. The normalized spacial score (nSPS) is 18.5. The Kier molecular flexibility index (Phi) is 4.57. The van der Waals surface area contributed by atoms with E-state index >= 15 is 0 Å². The molecule has 17 heavy (non-hydrogen) atoms. The maximum atomic E-state index is 13.3. The van der Waals surface area contributed by atoms with Gasteiger partial charge in [-0.3, -0.25) is 4.90 Å². The Balaban J connectivity index is 1.93. The minimum absolute atomic E-state index is 0.155. The number of hydrogen-bond acceptors (Lipinski definition) is 1. The number of rotatable bonds is 3. The van der Waals surface area contributed by atoms with Crippen molar-refractivity contribution in [2.24, 2.45) is 5.92 Å². The lowest BCUT2D eigenvalue weighted by molar-refractivity contribution is 0.175. The number of nitrogens with zero attached hydrogens (tertiary/aromatic N) is 1. The van der Waals surface area contributed by atoms with Gasteiger partial charge in [0.25, 0.3) is 0 Å². The highest BCUT2D eigenvalue weighted by Gasteiger charge is 2.17. The topological polar surface area (TPSA) is 3.24 Å². The van der Waals surface area contributed by atoms with Crippen LogP contribution in [0.15, 0.2) is 22.7 Å². The Morgan fingerprint density at radius 2 is 2.00 bits per heavy atom. The van der Waals surface area contributed by atoms with Crippen molar-refractivity contribution in [1.29, 1.82) is 0 Å². The molecule has 1 nitrogen and oxygen atoms in total. The first-order valence-corrected chi connectivity index (χ1v) is 7.14. The van der Waals surface area contributed by atoms with Gasteiger partial charge >= 0.3 is 0 Å². The molecule has 1 aromatic rings. The molecule has 0 N–H and O–H groups in total. The number of piperidine rings is 1. The zero-order valence-corrected chi connectivity index (χ0v) is 11.8. The predicted octanol–water partition coefficient (Wildman–Crippen LogP) is 4.21. The number of halogens is 2. The van der Waals surface area contributed by atoms with Crippen molar-refractivity contribution in [3.63, 3.8) is 0 Å². The van der Waals surface area contributed by atoms with Crippen LogP contribution in [-0.4, -0.2) is 18.0 Å². The predicted molar refractivity (Wildman–Crippen MR) is 72.4 cm³/mol. The van der Waals surface area contributed by atoms with Crippen LogP contribution in [0.3, 0.4) is 0 Å². The number of likely N-dealkylation sites (tertiary alicyclic amines) is 1. The third-order valence-corrected chi connectivity index (χ3v) is 4.07. The largest absolute Gasteiger partial charge is 0.299 e. The van der Waals surface area contributed by atoms with Crippen LogP contribution in [0.1, 0.15) is 31.7 Å². The third-order valence-electron chi connectivity index (χ3n) is 3.61. The van der Waals surface area contributed by atoms with E-state index in [1.54, 1.807) is 6.07 Å². The van der Waals surface area contributed by atoms with Gasteiger partial charge < -0.3 is 0 Å². The van der Waals surface area contributed by atoms with Gasteiger partial charge in [-0.05, 0) is 55.6 Å². The molecule has 0 aliphatic carbocycles. The average Bonchev–Trinajstić information content (AvgIpc) is 2.28. The summed E-state index contributed by atoms with van der Waals surface area (Å²) in [5.74, 6) is 0.739. The molecule has 1 aromatic carbocycles. The Morgan fingerprint density at radius 1 is 1.29 bits per heavy atom. The molecule has 2 rings (SSSR count). The molecule has 0 bridgehead atoms. The number of hydrogen-bond donors (Lipinski definition) is 0. The molecule has 1 heterocycles. The molecule has 0 aromatic heterocycles. The second-order valence-electron chi connectivity index (χ2n) is 4.91. The number of benzene rings is 1. The van der Waals surface area contributed by atoms with Gasteiger partial charge in [-0.2, -0.15) is 0 Å². The van der Waals surface area contributed by atoms with E-state index in [2.05, 4.69) is 27.8 Å². The molecule has 1 aliphatic rings. The Morgan fingerprint density at radius 3 is 2.59 bits per heavy atom. The summed E-state index contributed by atoms with van der Waals surface area (Å²) in [4.78, 5) is 2.42. The molecule has 1 saturated heterocycles. The van der Waals surface area contributed by atoms with Gasteiger partial charge in [0, 0.05) is 11.0 Å². The van der Waals surface area contributed by atoms with Crippen molar-refractivity contribution in [3.8, 4) is 0 Å². The van der Waals surface area contributed by atoms with Gasteiger partial charge in [0.2, 0.25) is 0 Å². The van der Waals surface area contributed by atoms with Gasteiger partial charge in [-0.15, -0.1) is 0 Å². The lowest BCUT2D eigenvalue weighted by atomic mass is 9.94. The molecular formula is C14H19BrFN. The van der Waals surface area contributed by atoms with Crippen LogP contribution < -0.4 is 0 Å². The Bertz CT molecular complexity index is 352. The van der Waals surface area contributed by atoms with E-state index in [0.717, 1.165) is 35.6 Å². The SMILES string of the molecule is CCC1CCN(Cc2cc(F)cc(Br)c2)CC1. The summed E-state index contributed by atoms with van der Waals surface area (Å²) in [6.07, 6.45) is 3.86. The van der Waals surface area contributed by atoms with E-state index in [4.69, 9.17) is 0 Å². The molecule has 1 fully saturated rings. The first-order chi connectivity index (χ1) is 8.17. The second kappa shape index (κ2) is 5.96. The standard InChI is InChI=1S/C14H19BrFN/c1-2-11-3-5-17(6-4-11)10-12-7-13(15)9-14(16)8-12/h7-9,11H,2-6,10H2,1H3. The molecule has 0 amide bonds. The summed E-state index contributed by atoms with van der Waals surface area (Å²) >= 11 is 3.34. The van der Waals surface area contributed by atoms with Crippen LogP contribution >= 0.6 is 15.9 Å². The molecule has 0 atom stereocenters. The third kappa shape index (κ3) is 3.78. The molecule has 1 aliphatic heterocycles. The average molecular weight is 300 g/mol. The monoisotopic (exact) mass is 299 g/mol. The second-order valence-corrected chi connectivity index (χ2v) is 5.82. The molecule has 0 spiro atoms. The first-order valence-electron chi connectivity index (χ1n) is 6.34. The summed E-state index contributed by atoms with van der Waals surface area (Å²) in [7, 11) is 0. The Labute approximate surface area is 111 Å². The minimum Gasteiger partial charge on any atom is -0.299 e. The van der Waals surface area contributed by atoms with Gasteiger partial charge in [0.05, 0.1) is 0 Å². The van der Waals surface area contributed by atoms with Crippen LogP contribution in [0.2, 0.25) is 0 Å². The lowest BCUT2D eigenvalue weighted by Crippen LogP contribution is -2.33. The summed E-state index contributed by atoms with van der Waals surface area (Å²) < 4.78 is 14.1. The maximum absolute atomic E-state index is 13.3. The Hall–Kier alpha value is -0.410. The summed E-state index contributed by atoms with van der Waals surface area (Å²) in [6, 6.07) is 5.15. The zero-order chi connectivity index (χ0) is 12.3. The fourth-order valence-electron chi connectivity index (χ4n) is 2.51. The van der Waals surface area contributed by atoms with Crippen LogP contribution in [0.5, 0.6) is 0 Å². The molecule has 0 radical (unpaired) electrons. The van der Waals surface area contributed by atoms with Crippen molar-refractivity contribution >= 4 is 15.9 Å². The summed E-state index contributed by atoms with van der Waals surface area (Å²) in [6.45, 7) is 5.43. The fraction of sp³-hybridized carbons (Fsp3) is 0.571. The van der Waals surface area contributed by atoms with Crippen molar-refractivity contribution in [1.82, 2.24) is 4.90 Å². The smallest absolute Gasteiger partial charge is 0.124 e. The summed E-state index contributed by atoms with van der Waals surface area (Å²) in [5, 5.41) is 0. The van der Waals surface area contributed by atoms with Gasteiger partial charge in [0.15, 0.2) is 0 Å².